The first-order valence-electron chi connectivity index (χ1n) is 3.50. The lowest BCUT2D eigenvalue weighted by molar-refractivity contribution is -0.118. The van der Waals surface area contributed by atoms with Gasteiger partial charge >= 0.3 is 0 Å². The van der Waals surface area contributed by atoms with Crippen LogP contribution >= 0.6 is 0 Å². The van der Waals surface area contributed by atoms with Gasteiger partial charge in [-0.25, -0.2) is 4.98 Å². The summed E-state index contributed by atoms with van der Waals surface area (Å²) in [6.45, 7) is 0. The summed E-state index contributed by atoms with van der Waals surface area (Å²) < 4.78 is 1.38. The summed E-state index contributed by atoms with van der Waals surface area (Å²) in [4.78, 5) is 15.9. The van der Waals surface area contributed by atoms with Crippen LogP contribution in [-0.4, -0.2) is 35.0 Å². The Morgan fingerprint density at radius 1 is 1.75 bits per heavy atom. The van der Waals surface area contributed by atoms with E-state index in [-0.39, 0.29) is 0 Å². The minimum Gasteiger partial charge on any atom is -0.367 e. The molecule has 1 aromatic heterocycles. The van der Waals surface area contributed by atoms with Crippen LogP contribution in [0.2, 0.25) is 0 Å². The van der Waals surface area contributed by atoms with Gasteiger partial charge < -0.3 is 10.0 Å². The van der Waals surface area contributed by atoms with E-state index in [4.69, 9.17) is 0 Å². The molecule has 0 aliphatic rings. The number of carbonyl (C=O) groups is 1. The molecule has 0 aromatic carbocycles. The van der Waals surface area contributed by atoms with Crippen molar-refractivity contribution in [3.05, 3.63) is 12.4 Å². The SMILES string of the molecule is CN(C)c1nccn1C(O)C=O. The molecule has 0 amide bonds. The number of rotatable bonds is 3. The first-order valence-corrected chi connectivity index (χ1v) is 3.50. The Hall–Kier alpha value is -1.36. The number of anilines is 1. The number of aldehydes is 1. The third-order valence-electron chi connectivity index (χ3n) is 1.45. The molecule has 0 fully saturated rings. The number of aliphatic hydroxyl groups excluding tert-OH is 1. The van der Waals surface area contributed by atoms with Crippen LogP contribution in [0.25, 0.3) is 0 Å². The molecule has 0 saturated carbocycles. The maximum atomic E-state index is 10.3. The van der Waals surface area contributed by atoms with Crippen molar-refractivity contribution in [2.75, 3.05) is 19.0 Å². The highest BCUT2D eigenvalue weighted by atomic mass is 16.3. The van der Waals surface area contributed by atoms with E-state index in [1.165, 1.54) is 10.8 Å². The van der Waals surface area contributed by atoms with Crippen LogP contribution in [0.3, 0.4) is 0 Å². The zero-order valence-corrected chi connectivity index (χ0v) is 7.01. The molecule has 1 N–H and O–H groups in total. The summed E-state index contributed by atoms with van der Waals surface area (Å²) in [5.74, 6) is 0.551. The van der Waals surface area contributed by atoms with Crippen molar-refractivity contribution in [1.82, 2.24) is 9.55 Å². The summed E-state index contributed by atoms with van der Waals surface area (Å²) in [5, 5.41) is 9.18. The predicted molar refractivity (Wildman–Crippen MR) is 43.9 cm³/mol. The highest BCUT2D eigenvalue weighted by molar-refractivity contribution is 5.54. The first kappa shape index (κ1) is 8.73. The molecule has 0 spiro atoms. The Labute approximate surface area is 70.2 Å². The van der Waals surface area contributed by atoms with Gasteiger partial charge in [0.25, 0.3) is 0 Å². The minimum absolute atomic E-state index is 0.453. The van der Waals surface area contributed by atoms with Gasteiger partial charge in [-0.3, -0.25) is 9.36 Å². The maximum absolute atomic E-state index is 10.3. The largest absolute Gasteiger partial charge is 0.367 e. The summed E-state index contributed by atoms with van der Waals surface area (Å²) in [6, 6.07) is 0. The molecule has 0 aliphatic carbocycles. The predicted octanol–water partition coefficient (Wildman–Crippen LogP) is -0.361. The zero-order chi connectivity index (χ0) is 9.14. The summed E-state index contributed by atoms with van der Waals surface area (Å²) in [7, 11) is 3.58. The molecule has 5 heteroatoms. The van der Waals surface area contributed by atoms with Gasteiger partial charge in [0.15, 0.2) is 12.5 Å². The number of hydrogen-bond acceptors (Lipinski definition) is 4. The monoisotopic (exact) mass is 169 g/mol. The molecule has 1 unspecified atom stereocenters. The smallest absolute Gasteiger partial charge is 0.207 e. The first-order chi connectivity index (χ1) is 5.66. The lowest BCUT2D eigenvalue weighted by Crippen LogP contribution is -2.18. The fourth-order valence-electron chi connectivity index (χ4n) is 0.924. The molecule has 66 valence electrons. The standard InChI is InChI=1S/C7H11N3O2/c1-9(2)7-8-3-4-10(7)6(12)5-11/h3-6,12H,1-2H3. The van der Waals surface area contributed by atoms with E-state index in [1.807, 2.05) is 0 Å². The van der Waals surface area contributed by atoms with Gasteiger partial charge in [-0.05, 0) is 0 Å². The quantitative estimate of drug-likeness (QED) is 0.628. The lowest BCUT2D eigenvalue weighted by atomic mass is 10.6. The van der Waals surface area contributed by atoms with E-state index in [0.29, 0.717) is 12.2 Å². The minimum atomic E-state index is -1.15. The second kappa shape index (κ2) is 3.36. The average molecular weight is 169 g/mol. The Bertz CT molecular complexity index is 269. The van der Waals surface area contributed by atoms with Crippen molar-refractivity contribution >= 4 is 12.2 Å². The van der Waals surface area contributed by atoms with Crippen LogP contribution in [0.15, 0.2) is 12.4 Å². The van der Waals surface area contributed by atoms with Gasteiger partial charge in [0.05, 0.1) is 0 Å². The van der Waals surface area contributed by atoms with Gasteiger partial charge in [-0.1, -0.05) is 0 Å². The normalized spacial score (nSPS) is 12.6. The molecule has 1 rings (SSSR count). The average Bonchev–Trinajstić information content (AvgIpc) is 2.50. The Balaban J connectivity index is 2.98. The topological polar surface area (TPSA) is 58.4 Å². The van der Waals surface area contributed by atoms with E-state index in [1.54, 1.807) is 25.2 Å². The number of carbonyl (C=O) groups excluding carboxylic acids is 1. The number of hydrogen-bond donors (Lipinski definition) is 1. The van der Waals surface area contributed by atoms with Crippen molar-refractivity contribution in [3.8, 4) is 0 Å². The number of nitrogens with zero attached hydrogens (tertiary/aromatic N) is 3. The molecule has 0 radical (unpaired) electrons. The van der Waals surface area contributed by atoms with Crippen molar-refractivity contribution in [2.45, 2.75) is 6.23 Å². The molecule has 12 heavy (non-hydrogen) atoms. The molecular formula is C7H11N3O2. The fraction of sp³-hybridized carbons (Fsp3) is 0.429. The lowest BCUT2D eigenvalue weighted by Gasteiger charge is -2.15. The highest BCUT2D eigenvalue weighted by Crippen LogP contribution is 2.11. The second-order valence-corrected chi connectivity index (χ2v) is 2.58. The maximum Gasteiger partial charge on any atom is 0.207 e. The number of aromatic nitrogens is 2. The molecule has 0 bridgehead atoms. The molecule has 1 atom stereocenters. The Kier molecular flexibility index (Phi) is 2.44. The van der Waals surface area contributed by atoms with Gasteiger partial charge in [0.1, 0.15) is 0 Å². The number of aliphatic hydroxyl groups is 1. The third kappa shape index (κ3) is 1.45. The van der Waals surface area contributed by atoms with E-state index < -0.39 is 6.23 Å². The van der Waals surface area contributed by atoms with Crippen LogP contribution in [0, 0.1) is 0 Å². The van der Waals surface area contributed by atoms with E-state index in [9.17, 15) is 9.90 Å². The van der Waals surface area contributed by atoms with Gasteiger partial charge in [-0.2, -0.15) is 0 Å². The number of imidazole rings is 1. The third-order valence-corrected chi connectivity index (χ3v) is 1.45. The van der Waals surface area contributed by atoms with Crippen molar-refractivity contribution < 1.29 is 9.90 Å². The van der Waals surface area contributed by atoms with Crippen molar-refractivity contribution in [1.29, 1.82) is 0 Å². The molecule has 1 aromatic rings. The molecule has 1 heterocycles. The second-order valence-electron chi connectivity index (χ2n) is 2.58. The van der Waals surface area contributed by atoms with Crippen molar-refractivity contribution in [2.24, 2.45) is 0 Å². The van der Waals surface area contributed by atoms with E-state index >= 15 is 0 Å². The Morgan fingerprint density at radius 3 is 2.92 bits per heavy atom. The molecule has 0 saturated heterocycles. The van der Waals surface area contributed by atoms with Crippen LogP contribution < -0.4 is 4.90 Å². The van der Waals surface area contributed by atoms with Gasteiger partial charge in [-0.15, -0.1) is 0 Å². The van der Waals surface area contributed by atoms with E-state index in [2.05, 4.69) is 4.98 Å². The summed E-state index contributed by atoms with van der Waals surface area (Å²) in [6.07, 6.45) is 2.38. The van der Waals surface area contributed by atoms with Gasteiger partial charge in [0, 0.05) is 26.5 Å². The Morgan fingerprint density at radius 2 is 2.42 bits per heavy atom. The van der Waals surface area contributed by atoms with Crippen LogP contribution in [-0.2, 0) is 4.79 Å². The summed E-state index contributed by atoms with van der Waals surface area (Å²) >= 11 is 0. The molecule has 5 nitrogen and oxygen atoms in total. The molecular weight excluding hydrogens is 158 g/mol. The fourth-order valence-corrected chi connectivity index (χ4v) is 0.924. The highest BCUT2D eigenvalue weighted by Gasteiger charge is 2.10. The van der Waals surface area contributed by atoms with Gasteiger partial charge in [0.2, 0.25) is 5.95 Å². The molecule has 0 aliphatic heterocycles. The van der Waals surface area contributed by atoms with Crippen molar-refractivity contribution in [3.63, 3.8) is 0 Å². The zero-order valence-electron chi connectivity index (χ0n) is 7.01. The van der Waals surface area contributed by atoms with Crippen LogP contribution in [0.1, 0.15) is 6.23 Å². The van der Waals surface area contributed by atoms with Crippen LogP contribution in [0.4, 0.5) is 5.95 Å². The van der Waals surface area contributed by atoms with Crippen LogP contribution in [0.5, 0.6) is 0 Å². The van der Waals surface area contributed by atoms with E-state index in [0.717, 1.165) is 0 Å². The summed E-state index contributed by atoms with van der Waals surface area (Å²) in [5.41, 5.74) is 0.